The van der Waals surface area contributed by atoms with Crippen LogP contribution in [0.3, 0.4) is 0 Å². The SMILES string of the molecule is COC1(CNC2CCCC(C(C)C)C2)CCOC1. The van der Waals surface area contributed by atoms with E-state index in [1.54, 1.807) is 0 Å². The molecule has 1 aliphatic heterocycles. The van der Waals surface area contributed by atoms with Crippen LogP contribution in [0.15, 0.2) is 0 Å². The van der Waals surface area contributed by atoms with Gasteiger partial charge in [0.1, 0.15) is 5.60 Å². The van der Waals surface area contributed by atoms with E-state index < -0.39 is 0 Å². The van der Waals surface area contributed by atoms with E-state index in [1.165, 1.54) is 25.7 Å². The third-order valence-electron chi connectivity index (χ3n) is 4.87. The molecule has 3 heteroatoms. The molecule has 3 unspecified atom stereocenters. The predicted octanol–water partition coefficient (Wildman–Crippen LogP) is 2.60. The zero-order valence-corrected chi connectivity index (χ0v) is 12.2. The number of hydrogen-bond acceptors (Lipinski definition) is 3. The molecule has 0 aromatic heterocycles. The van der Waals surface area contributed by atoms with E-state index >= 15 is 0 Å². The minimum Gasteiger partial charge on any atom is -0.378 e. The van der Waals surface area contributed by atoms with Crippen LogP contribution in [0, 0.1) is 11.8 Å². The van der Waals surface area contributed by atoms with E-state index in [0.29, 0.717) is 6.04 Å². The first kappa shape index (κ1) is 14.3. The molecule has 1 heterocycles. The standard InChI is InChI=1S/C15H29NO2/c1-12(2)13-5-4-6-14(9-13)16-10-15(17-3)7-8-18-11-15/h12-14,16H,4-11H2,1-3H3. The Kier molecular flexibility index (Phi) is 5.05. The van der Waals surface area contributed by atoms with Crippen LogP contribution in [0.25, 0.3) is 0 Å². The van der Waals surface area contributed by atoms with Gasteiger partial charge in [-0.3, -0.25) is 0 Å². The second-order valence-electron chi connectivity index (χ2n) is 6.44. The highest BCUT2D eigenvalue weighted by molar-refractivity contribution is 4.89. The van der Waals surface area contributed by atoms with E-state index in [2.05, 4.69) is 19.2 Å². The number of nitrogens with one attached hydrogen (secondary N) is 1. The van der Waals surface area contributed by atoms with Crippen molar-refractivity contribution in [2.75, 3.05) is 26.9 Å². The molecule has 0 radical (unpaired) electrons. The first-order valence-corrected chi connectivity index (χ1v) is 7.51. The molecule has 2 fully saturated rings. The molecule has 1 N–H and O–H groups in total. The molecule has 106 valence electrons. The van der Waals surface area contributed by atoms with E-state index in [9.17, 15) is 0 Å². The zero-order valence-electron chi connectivity index (χ0n) is 12.2. The maximum Gasteiger partial charge on any atom is 0.106 e. The van der Waals surface area contributed by atoms with E-state index in [1.807, 2.05) is 7.11 Å². The minimum absolute atomic E-state index is 0.0647. The highest BCUT2D eigenvalue weighted by Crippen LogP contribution is 2.30. The second-order valence-corrected chi connectivity index (χ2v) is 6.44. The van der Waals surface area contributed by atoms with Crippen molar-refractivity contribution in [3.8, 4) is 0 Å². The van der Waals surface area contributed by atoms with Crippen LogP contribution in [0.5, 0.6) is 0 Å². The maximum absolute atomic E-state index is 5.68. The van der Waals surface area contributed by atoms with Crippen molar-refractivity contribution in [3.63, 3.8) is 0 Å². The van der Waals surface area contributed by atoms with Crippen LogP contribution in [-0.4, -0.2) is 38.5 Å². The number of hydrogen-bond donors (Lipinski definition) is 1. The van der Waals surface area contributed by atoms with Gasteiger partial charge in [0.25, 0.3) is 0 Å². The fourth-order valence-electron chi connectivity index (χ4n) is 3.31. The smallest absolute Gasteiger partial charge is 0.106 e. The van der Waals surface area contributed by atoms with Gasteiger partial charge in [-0.05, 0) is 24.7 Å². The van der Waals surface area contributed by atoms with Gasteiger partial charge in [0, 0.05) is 32.7 Å². The molecule has 0 bridgehead atoms. The van der Waals surface area contributed by atoms with E-state index in [4.69, 9.17) is 9.47 Å². The molecule has 0 spiro atoms. The highest BCUT2D eigenvalue weighted by atomic mass is 16.5. The molecule has 0 amide bonds. The van der Waals surface area contributed by atoms with Gasteiger partial charge in [0.2, 0.25) is 0 Å². The van der Waals surface area contributed by atoms with Gasteiger partial charge in [-0.1, -0.05) is 26.7 Å². The first-order chi connectivity index (χ1) is 8.65. The molecule has 0 aromatic rings. The van der Waals surface area contributed by atoms with Gasteiger partial charge in [-0.25, -0.2) is 0 Å². The molecule has 3 atom stereocenters. The van der Waals surface area contributed by atoms with Gasteiger partial charge in [0.05, 0.1) is 6.61 Å². The van der Waals surface area contributed by atoms with Gasteiger partial charge in [-0.15, -0.1) is 0 Å². The van der Waals surface area contributed by atoms with Crippen LogP contribution in [0.2, 0.25) is 0 Å². The lowest BCUT2D eigenvalue weighted by Gasteiger charge is -2.35. The molecular weight excluding hydrogens is 226 g/mol. The van der Waals surface area contributed by atoms with Crippen LogP contribution < -0.4 is 5.32 Å². The van der Waals surface area contributed by atoms with Crippen LogP contribution in [0.4, 0.5) is 0 Å². The normalized spacial score (nSPS) is 37.3. The largest absolute Gasteiger partial charge is 0.378 e. The summed E-state index contributed by atoms with van der Waals surface area (Å²) >= 11 is 0. The molecule has 1 saturated heterocycles. The molecule has 18 heavy (non-hydrogen) atoms. The summed E-state index contributed by atoms with van der Waals surface area (Å²) in [6.45, 7) is 7.24. The molecule has 2 aliphatic rings. The second kappa shape index (κ2) is 6.36. The first-order valence-electron chi connectivity index (χ1n) is 7.51. The van der Waals surface area contributed by atoms with Gasteiger partial charge in [-0.2, -0.15) is 0 Å². The quantitative estimate of drug-likeness (QED) is 0.819. The van der Waals surface area contributed by atoms with Crippen molar-refractivity contribution >= 4 is 0 Å². The highest BCUT2D eigenvalue weighted by Gasteiger charge is 2.35. The van der Waals surface area contributed by atoms with E-state index in [0.717, 1.165) is 38.0 Å². The van der Waals surface area contributed by atoms with Crippen molar-refractivity contribution in [1.29, 1.82) is 0 Å². The summed E-state index contributed by atoms with van der Waals surface area (Å²) in [6, 6.07) is 0.679. The lowest BCUT2D eigenvalue weighted by molar-refractivity contribution is -0.0188. The Bertz CT molecular complexity index is 249. The fourth-order valence-corrected chi connectivity index (χ4v) is 3.31. The average molecular weight is 255 g/mol. The topological polar surface area (TPSA) is 30.5 Å². The monoisotopic (exact) mass is 255 g/mol. The summed E-state index contributed by atoms with van der Waals surface area (Å²) in [5.41, 5.74) is -0.0647. The van der Waals surface area contributed by atoms with Gasteiger partial charge < -0.3 is 14.8 Å². The Balaban J connectivity index is 1.78. The number of ether oxygens (including phenoxy) is 2. The fraction of sp³-hybridized carbons (Fsp3) is 1.00. The van der Waals surface area contributed by atoms with Crippen molar-refractivity contribution in [2.45, 2.75) is 57.6 Å². The van der Waals surface area contributed by atoms with Crippen LogP contribution >= 0.6 is 0 Å². The van der Waals surface area contributed by atoms with Crippen molar-refractivity contribution in [2.24, 2.45) is 11.8 Å². The van der Waals surface area contributed by atoms with Crippen molar-refractivity contribution in [3.05, 3.63) is 0 Å². The maximum atomic E-state index is 5.68. The molecular formula is C15H29NO2. The Morgan fingerprint density at radius 2 is 2.22 bits per heavy atom. The Morgan fingerprint density at radius 1 is 1.39 bits per heavy atom. The number of rotatable bonds is 5. The van der Waals surface area contributed by atoms with Crippen molar-refractivity contribution in [1.82, 2.24) is 5.32 Å². The number of methoxy groups -OCH3 is 1. The summed E-state index contributed by atoms with van der Waals surface area (Å²) in [5, 5.41) is 3.74. The molecule has 2 rings (SSSR count). The zero-order chi connectivity index (χ0) is 13.0. The lowest BCUT2D eigenvalue weighted by Crippen LogP contribution is -2.47. The van der Waals surface area contributed by atoms with E-state index in [-0.39, 0.29) is 5.60 Å². The summed E-state index contributed by atoms with van der Waals surface area (Å²) < 4.78 is 11.2. The van der Waals surface area contributed by atoms with Gasteiger partial charge in [0.15, 0.2) is 0 Å². The average Bonchev–Trinajstić information content (AvgIpc) is 2.86. The summed E-state index contributed by atoms with van der Waals surface area (Å²) in [5.74, 6) is 1.72. The summed E-state index contributed by atoms with van der Waals surface area (Å²) in [4.78, 5) is 0. The van der Waals surface area contributed by atoms with Crippen molar-refractivity contribution < 1.29 is 9.47 Å². The van der Waals surface area contributed by atoms with Crippen LogP contribution in [0.1, 0.15) is 46.0 Å². The van der Waals surface area contributed by atoms with Crippen LogP contribution in [-0.2, 0) is 9.47 Å². The predicted molar refractivity (Wildman–Crippen MR) is 73.8 cm³/mol. The molecule has 3 nitrogen and oxygen atoms in total. The Morgan fingerprint density at radius 3 is 2.83 bits per heavy atom. The molecule has 0 aromatic carbocycles. The Labute approximate surface area is 112 Å². The third kappa shape index (κ3) is 3.46. The van der Waals surface area contributed by atoms with Gasteiger partial charge >= 0.3 is 0 Å². The summed E-state index contributed by atoms with van der Waals surface area (Å²) in [6.07, 6.45) is 6.46. The summed E-state index contributed by atoms with van der Waals surface area (Å²) in [7, 11) is 1.81. The molecule has 1 aliphatic carbocycles. The minimum atomic E-state index is -0.0647. The molecule has 1 saturated carbocycles. The third-order valence-corrected chi connectivity index (χ3v) is 4.87. The lowest BCUT2D eigenvalue weighted by atomic mass is 9.79. The Hall–Kier alpha value is -0.120.